The van der Waals surface area contributed by atoms with E-state index in [2.05, 4.69) is 16.3 Å². The van der Waals surface area contributed by atoms with Crippen LogP contribution in [0.5, 0.6) is 5.88 Å². The number of nitrogens with zero attached hydrogens (tertiary/aromatic N) is 2. The smallest absolute Gasteiger partial charge is 0.244 e. The summed E-state index contributed by atoms with van der Waals surface area (Å²) in [6.45, 7) is 0.367. The average Bonchev–Trinajstić information content (AvgIpc) is 3.08. The summed E-state index contributed by atoms with van der Waals surface area (Å²) in [7, 11) is 1.60. The van der Waals surface area contributed by atoms with Crippen molar-refractivity contribution in [3.8, 4) is 11.9 Å². The Hall–Kier alpha value is -2.30. The summed E-state index contributed by atoms with van der Waals surface area (Å²) in [4.78, 5) is 1.02. The minimum atomic E-state index is -0.257. The number of aromatic nitrogens is 2. The van der Waals surface area contributed by atoms with Gasteiger partial charge in [-0.3, -0.25) is 5.10 Å². The van der Waals surface area contributed by atoms with Gasteiger partial charge in [-0.25, -0.2) is 0 Å². The molecule has 7 heteroatoms. The first kappa shape index (κ1) is 12.7. The zero-order chi connectivity index (χ0) is 14.1. The molecule has 0 bridgehead atoms. The van der Waals surface area contributed by atoms with E-state index in [1.807, 2.05) is 17.5 Å². The van der Waals surface area contributed by atoms with E-state index in [0.29, 0.717) is 18.1 Å². The van der Waals surface area contributed by atoms with Crippen LogP contribution in [0.15, 0.2) is 29.0 Å². The van der Waals surface area contributed by atoms with E-state index in [1.54, 1.807) is 18.4 Å². The van der Waals surface area contributed by atoms with Crippen molar-refractivity contribution >= 4 is 11.3 Å². The predicted octanol–water partition coefficient (Wildman–Crippen LogP) is 1.84. The maximum absolute atomic E-state index is 9.39. The highest BCUT2D eigenvalue weighted by Gasteiger charge is 2.35. The maximum atomic E-state index is 9.39. The predicted molar refractivity (Wildman–Crippen MR) is 72.9 cm³/mol. The Kier molecular flexibility index (Phi) is 3.18. The number of hydrogen-bond donors (Lipinski definition) is 2. The van der Waals surface area contributed by atoms with Crippen molar-refractivity contribution in [1.82, 2.24) is 10.2 Å². The van der Waals surface area contributed by atoms with Crippen LogP contribution in [0.4, 0.5) is 0 Å². The molecule has 1 aliphatic heterocycles. The molecule has 102 valence electrons. The molecule has 0 saturated carbocycles. The molecule has 3 heterocycles. The van der Waals surface area contributed by atoms with Crippen LogP contribution in [0.25, 0.3) is 0 Å². The first-order chi connectivity index (χ1) is 9.76. The molecule has 3 N–H and O–H groups in total. The van der Waals surface area contributed by atoms with Crippen molar-refractivity contribution in [2.45, 2.75) is 12.5 Å². The fourth-order valence-electron chi connectivity index (χ4n) is 2.30. The lowest BCUT2D eigenvalue weighted by atomic mass is 9.89. The fraction of sp³-hybridized carbons (Fsp3) is 0.231. The fourth-order valence-corrected chi connectivity index (χ4v) is 3.15. The van der Waals surface area contributed by atoms with Crippen LogP contribution in [-0.2, 0) is 11.3 Å². The third kappa shape index (κ3) is 1.86. The summed E-state index contributed by atoms with van der Waals surface area (Å²) in [6.07, 6.45) is 0. The lowest BCUT2D eigenvalue weighted by Gasteiger charge is -2.22. The van der Waals surface area contributed by atoms with Gasteiger partial charge < -0.3 is 15.2 Å². The Balaban J connectivity index is 2.19. The summed E-state index contributed by atoms with van der Waals surface area (Å²) in [5.41, 5.74) is 7.85. The number of methoxy groups -OCH3 is 1. The van der Waals surface area contributed by atoms with Gasteiger partial charge in [0.2, 0.25) is 11.8 Å². The molecule has 0 unspecified atom stereocenters. The average molecular weight is 288 g/mol. The van der Waals surface area contributed by atoms with Crippen LogP contribution in [0, 0.1) is 11.3 Å². The van der Waals surface area contributed by atoms with Crippen LogP contribution in [0.2, 0.25) is 0 Å². The van der Waals surface area contributed by atoms with E-state index in [0.717, 1.165) is 16.1 Å². The molecular weight excluding hydrogens is 276 g/mol. The zero-order valence-electron chi connectivity index (χ0n) is 10.7. The molecule has 3 rings (SSSR count). The third-order valence-corrected chi connectivity index (χ3v) is 4.07. The first-order valence-corrected chi connectivity index (χ1v) is 6.81. The number of nitriles is 1. The van der Waals surface area contributed by atoms with E-state index in [9.17, 15) is 5.26 Å². The minimum absolute atomic E-state index is 0.105. The van der Waals surface area contributed by atoms with E-state index in [1.165, 1.54) is 0 Å². The monoisotopic (exact) mass is 288 g/mol. The first-order valence-electron chi connectivity index (χ1n) is 5.93. The number of H-pyrrole nitrogens is 1. The number of aromatic amines is 1. The number of fused-ring (bicyclic) bond motifs is 1. The highest BCUT2D eigenvalue weighted by molar-refractivity contribution is 7.10. The van der Waals surface area contributed by atoms with Crippen LogP contribution < -0.4 is 10.5 Å². The molecule has 0 spiro atoms. The molecule has 2 aromatic heterocycles. The number of rotatable bonds is 3. The summed E-state index contributed by atoms with van der Waals surface area (Å²) in [5.74, 6) is 0.258. The quantitative estimate of drug-likeness (QED) is 0.898. The van der Waals surface area contributed by atoms with Gasteiger partial charge in [0.05, 0.1) is 23.8 Å². The minimum Gasteiger partial charge on any atom is -0.420 e. The van der Waals surface area contributed by atoms with Crippen molar-refractivity contribution in [3.05, 3.63) is 45.1 Å². The van der Waals surface area contributed by atoms with Gasteiger partial charge in [-0.15, -0.1) is 16.4 Å². The molecule has 2 aromatic rings. The molecule has 0 amide bonds. The lowest BCUT2D eigenvalue weighted by molar-refractivity contribution is 0.180. The molecule has 20 heavy (non-hydrogen) atoms. The molecule has 1 atom stereocenters. The summed E-state index contributed by atoms with van der Waals surface area (Å²) >= 11 is 1.57. The number of nitrogens with two attached hydrogens (primary N) is 1. The van der Waals surface area contributed by atoms with Gasteiger partial charge in [0.25, 0.3) is 0 Å². The van der Waals surface area contributed by atoms with Gasteiger partial charge in [0.1, 0.15) is 11.6 Å². The van der Waals surface area contributed by atoms with E-state index >= 15 is 0 Å². The van der Waals surface area contributed by atoms with E-state index < -0.39 is 0 Å². The molecule has 0 saturated heterocycles. The number of nitrogens with one attached hydrogen (secondary N) is 1. The van der Waals surface area contributed by atoms with Crippen molar-refractivity contribution in [2.24, 2.45) is 5.73 Å². The van der Waals surface area contributed by atoms with E-state index in [4.69, 9.17) is 15.2 Å². The Labute approximate surface area is 119 Å². The maximum Gasteiger partial charge on any atom is 0.244 e. The summed E-state index contributed by atoms with van der Waals surface area (Å²) < 4.78 is 10.6. The third-order valence-electron chi connectivity index (χ3n) is 3.13. The van der Waals surface area contributed by atoms with Gasteiger partial charge in [-0.2, -0.15) is 5.26 Å². The summed E-state index contributed by atoms with van der Waals surface area (Å²) in [5, 5.41) is 18.3. The molecule has 0 aromatic carbocycles. The van der Waals surface area contributed by atoms with Gasteiger partial charge in [0, 0.05) is 12.0 Å². The molecule has 0 radical (unpaired) electrons. The second kappa shape index (κ2) is 5.00. The van der Waals surface area contributed by atoms with Gasteiger partial charge in [0.15, 0.2) is 0 Å². The highest BCUT2D eigenvalue weighted by Crippen LogP contribution is 2.44. The standard InChI is InChI=1S/C13H12N4O2S/c1-18-6-8-11-10(9-3-2-4-20-9)7(5-14)12(15)19-13(11)17-16-8/h2-4,10H,6,15H2,1H3,(H,16,17)/t10-/m0/s1. The number of allylic oxidation sites excluding steroid dienone is 1. The number of hydrogen-bond acceptors (Lipinski definition) is 6. The Morgan fingerprint density at radius 1 is 1.65 bits per heavy atom. The normalized spacial score (nSPS) is 17.5. The van der Waals surface area contributed by atoms with Crippen LogP contribution in [0.3, 0.4) is 0 Å². The largest absolute Gasteiger partial charge is 0.420 e. The van der Waals surface area contributed by atoms with Crippen LogP contribution in [-0.4, -0.2) is 17.3 Å². The molecule has 6 nitrogen and oxygen atoms in total. The second-order valence-corrected chi connectivity index (χ2v) is 5.27. The zero-order valence-corrected chi connectivity index (χ0v) is 11.5. The topological polar surface area (TPSA) is 97.0 Å². The van der Waals surface area contributed by atoms with Crippen LogP contribution >= 0.6 is 11.3 Å². The molecule has 0 aliphatic carbocycles. The van der Waals surface area contributed by atoms with Crippen molar-refractivity contribution in [3.63, 3.8) is 0 Å². The van der Waals surface area contributed by atoms with E-state index in [-0.39, 0.29) is 11.8 Å². The SMILES string of the molecule is COCc1[nH]nc2c1[C@H](c1cccs1)C(C#N)=C(N)O2. The summed E-state index contributed by atoms with van der Waals surface area (Å²) in [6, 6.07) is 6.06. The Bertz CT molecular complexity index is 697. The van der Waals surface area contributed by atoms with Crippen molar-refractivity contribution in [2.75, 3.05) is 7.11 Å². The molecule has 0 fully saturated rings. The van der Waals surface area contributed by atoms with Gasteiger partial charge in [-0.1, -0.05) is 6.07 Å². The Morgan fingerprint density at radius 2 is 2.50 bits per heavy atom. The lowest BCUT2D eigenvalue weighted by Crippen LogP contribution is -2.20. The van der Waals surface area contributed by atoms with Gasteiger partial charge >= 0.3 is 0 Å². The molecular formula is C13H12N4O2S. The molecule has 1 aliphatic rings. The highest BCUT2D eigenvalue weighted by atomic mass is 32.1. The Morgan fingerprint density at radius 3 is 3.15 bits per heavy atom. The number of thiophene rings is 1. The van der Waals surface area contributed by atoms with Crippen molar-refractivity contribution < 1.29 is 9.47 Å². The number of ether oxygens (including phenoxy) is 2. The second-order valence-electron chi connectivity index (χ2n) is 4.29. The van der Waals surface area contributed by atoms with Gasteiger partial charge in [-0.05, 0) is 11.4 Å². The van der Waals surface area contributed by atoms with Crippen LogP contribution in [0.1, 0.15) is 22.1 Å². The van der Waals surface area contributed by atoms with Crippen molar-refractivity contribution in [1.29, 1.82) is 5.26 Å².